The number of hydrogen-bond acceptors (Lipinski definition) is 2. The second-order valence-corrected chi connectivity index (χ2v) is 5.15. The van der Waals surface area contributed by atoms with Gasteiger partial charge in [-0.1, -0.05) is 25.3 Å². The van der Waals surface area contributed by atoms with Crippen LogP contribution in [0.4, 0.5) is 0 Å². The van der Waals surface area contributed by atoms with Crippen LogP contribution < -0.4 is 5.32 Å². The summed E-state index contributed by atoms with van der Waals surface area (Å²) in [6.07, 6.45) is 10.3. The van der Waals surface area contributed by atoms with Gasteiger partial charge in [-0.3, -0.25) is 4.90 Å². The molecule has 1 heterocycles. The smallest absolute Gasteiger partial charge is 0.0308 e. The molecular weight excluding hydrogens is 184 g/mol. The number of rotatable bonds is 2. The average Bonchev–Trinajstić information content (AvgIpc) is 2.43. The molecule has 0 radical (unpaired) electrons. The molecule has 0 unspecified atom stereocenters. The molecule has 1 spiro atoms. The van der Waals surface area contributed by atoms with Crippen LogP contribution in [0.2, 0.25) is 0 Å². The normalized spacial score (nSPS) is 27.5. The van der Waals surface area contributed by atoms with Crippen LogP contribution in [0.5, 0.6) is 0 Å². The van der Waals surface area contributed by atoms with Crippen molar-refractivity contribution < 1.29 is 0 Å². The van der Waals surface area contributed by atoms with E-state index in [9.17, 15) is 0 Å². The zero-order valence-electron chi connectivity index (χ0n) is 9.80. The first kappa shape index (κ1) is 11.2. The largest absolute Gasteiger partial charge is 0.310 e. The predicted octanol–water partition coefficient (Wildman–Crippen LogP) is 2.17. The lowest BCUT2D eigenvalue weighted by atomic mass is 9.81. The maximum atomic E-state index is 3.86. The summed E-state index contributed by atoms with van der Waals surface area (Å²) in [5, 5.41) is 3.81. The number of nitrogens with zero attached hydrogens (tertiary/aromatic N) is 1. The molecule has 1 aliphatic heterocycles. The molecule has 2 nitrogen and oxygen atoms in total. The van der Waals surface area contributed by atoms with E-state index < -0.39 is 0 Å². The Hall–Kier alpha value is -0.340. The lowest BCUT2D eigenvalue weighted by Crippen LogP contribution is -2.52. The molecule has 1 saturated heterocycles. The molecule has 2 rings (SSSR count). The molecular formula is C13H24N2. The fourth-order valence-corrected chi connectivity index (χ4v) is 3.12. The van der Waals surface area contributed by atoms with Crippen LogP contribution in [-0.2, 0) is 0 Å². The fraction of sp³-hybridized carbons (Fsp3) is 0.846. The highest BCUT2D eigenvalue weighted by molar-refractivity contribution is 4.96. The van der Waals surface area contributed by atoms with Crippen LogP contribution >= 0.6 is 0 Å². The van der Waals surface area contributed by atoms with E-state index in [0.717, 1.165) is 6.54 Å². The molecule has 0 bridgehead atoms. The molecule has 2 aliphatic rings. The van der Waals surface area contributed by atoms with E-state index >= 15 is 0 Å². The second-order valence-electron chi connectivity index (χ2n) is 5.15. The van der Waals surface area contributed by atoms with Gasteiger partial charge in [0.25, 0.3) is 0 Å². The van der Waals surface area contributed by atoms with Crippen molar-refractivity contribution in [1.29, 1.82) is 0 Å². The standard InChI is InChI=1S/C13H24N2/c1-2-10-15-11-6-9-14-13(12-15)7-4-3-5-8-13/h2,14H,1,3-12H2. The topological polar surface area (TPSA) is 15.3 Å². The van der Waals surface area contributed by atoms with Gasteiger partial charge in [0.05, 0.1) is 0 Å². The monoisotopic (exact) mass is 208 g/mol. The van der Waals surface area contributed by atoms with E-state index in [4.69, 9.17) is 0 Å². The molecule has 15 heavy (non-hydrogen) atoms. The number of nitrogens with one attached hydrogen (secondary N) is 1. The first-order valence-corrected chi connectivity index (χ1v) is 6.43. The third-order valence-corrected chi connectivity index (χ3v) is 3.88. The van der Waals surface area contributed by atoms with Crippen molar-refractivity contribution in [2.45, 2.75) is 44.1 Å². The van der Waals surface area contributed by atoms with Crippen LogP contribution in [0.15, 0.2) is 12.7 Å². The highest BCUT2D eigenvalue weighted by Crippen LogP contribution is 2.30. The Morgan fingerprint density at radius 3 is 2.73 bits per heavy atom. The SMILES string of the molecule is C=CCN1CCCNC2(CCCCC2)C1. The summed E-state index contributed by atoms with van der Waals surface area (Å²) in [4.78, 5) is 2.57. The summed E-state index contributed by atoms with van der Waals surface area (Å²) in [7, 11) is 0. The molecule has 0 atom stereocenters. The average molecular weight is 208 g/mol. The summed E-state index contributed by atoms with van der Waals surface area (Å²) in [6.45, 7) is 8.59. The Morgan fingerprint density at radius 2 is 2.00 bits per heavy atom. The van der Waals surface area contributed by atoms with Gasteiger partial charge in [-0.15, -0.1) is 6.58 Å². The Kier molecular flexibility index (Phi) is 3.81. The van der Waals surface area contributed by atoms with Gasteiger partial charge in [0, 0.05) is 18.6 Å². The van der Waals surface area contributed by atoms with Crippen molar-refractivity contribution >= 4 is 0 Å². The highest BCUT2D eigenvalue weighted by Gasteiger charge is 2.34. The molecule has 86 valence electrons. The van der Waals surface area contributed by atoms with Gasteiger partial charge in [0.2, 0.25) is 0 Å². The molecule has 1 aliphatic carbocycles. The van der Waals surface area contributed by atoms with Crippen molar-refractivity contribution in [1.82, 2.24) is 10.2 Å². The summed E-state index contributed by atoms with van der Waals surface area (Å²) < 4.78 is 0. The van der Waals surface area contributed by atoms with Crippen molar-refractivity contribution in [3.8, 4) is 0 Å². The minimum Gasteiger partial charge on any atom is -0.310 e. The minimum atomic E-state index is 0.442. The lowest BCUT2D eigenvalue weighted by Gasteiger charge is -2.39. The van der Waals surface area contributed by atoms with Crippen molar-refractivity contribution in [2.75, 3.05) is 26.2 Å². The first-order valence-electron chi connectivity index (χ1n) is 6.43. The summed E-state index contributed by atoms with van der Waals surface area (Å²) in [5.74, 6) is 0. The Balaban J connectivity index is 1.99. The van der Waals surface area contributed by atoms with Crippen LogP contribution in [-0.4, -0.2) is 36.6 Å². The first-order chi connectivity index (χ1) is 7.35. The summed E-state index contributed by atoms with van der Waals surface area (Å²) in [6, 6.07) is 0. The maximum Gasteiger partial charge on any atom is 0.0308 e. The summed E-state index contributed by atoms with van der Waals surface area (Å²) in [5.41, 5.74) is 0.442. The zero-order chi connectivity index (χ0) is 10.6. The molecule has 2 heteroatoms. The van der Waals surface area contributed by atoms with E-state index in [0.29, 0.717) is 5.54 Å². The maximum absolute atomic E-state index is 3.86. The second kappa shape index (κ2) is 5.13. The summed E-state index contributed by atoms with van der Waals surface area (Å²) >= 11 is 0. The van der Waals surface area contributed by atoms with Gasteiger partial charge in [-0.2, -0.15) is 0 Å². The third-order valence-electron chi connectivity index (χ3n) is 3.88. The van der Waals surface area contributed by atoms with E-state index in [1.54, 1.807) is 0 Å². The van der Waals surface area contributed by atoms with Gasteiger partial charge in [0.15, 0.2) is 0 Å². The van der Waals surface area contributed by atoms with E-state index in [1.165, 1.54) is 58.2 Å². The van der Waals surface area contributed by atoms with E-state index in [-0.39, 0.29) is 0 Å². The molecule has 0 aromatic heterocycles. The predicted molar refractivity (Wildman–Crippen MR) is 65.1 cm³/mol. The Labute approximate surface area is 93.7 Å². The molecule has 1 N–H and O–H groups in total. The van der Waals surface area contributed by atoms with Gasteiger partial charge >= 0.3 is 0 Å². The Bertz CT molecular complexity index is 207. The number of hydrogen-bond donors (Lipinski definition) is 1. The highest BCUT2D eigenvalue weighted by atomic mass is 15.2. The molecule has 1 saturated carbocycles. The van der Waals surface area contributed by atoms with E-state index in [1.807, 2.05) is 6.08 Å². The van der Waals surface area contributed by atoms with Crippen molar-refractivity contribution in [2.24, 2.45) is 0 Å². The molecule has 0 aromatic carbocycles. The molecule has 2 fully saturated rings. The van der Waals surface area contributed by atoms with Gasteiger partial charge in [-0.05, 0) is 32.4 Å². The van der Waals surface area contributed by atoms with Crippen molar-refractivity contribution in [3.05, 3.63) is 12.7 Å². The van der Waals surface area contributed by atoms with Crippen molar-refractivity contribution in [3.63, 3.8) is 0 Å². The third kappa shape index (κ3) is 2.82. The lowest BCUT2D eigenvalue weighted by molar-refractivity contribution is 0.174. The molecule has 0 aromatic rings. The minimum absolute atomic E-state index is 0.442. The van der Waals surface area contributed by atoms with Crippen LogP contribution in [0.25, 0.3) is 0 Å². The van der Waals surface area contributed by atoms with Crippen LogP contribution in [0, 0.1) is 0 Å². The fourth-order valence-electron chi connectivity index (χ4n) is 3.12. The quantitative estimate of drug-likeness (QED) is 0.700. The van der Waals surface area contributed by atoms with E-state index in [2.05, 4.69) is 16.8 Å². The van der Waals surface area contributed by atoms with Gasteiger partial charge < -0.3 is 5.32 Å². The molecule has 0 amide bonds. The van der Waals surface area contributed by atoms with Crippen LogP contribution in [0.3, 0.4) is 0 Å². The van der Waals surface area contributed by atoms with Crippen LogP contribution in [0.1, 0.15) is 38.5 Å². The van der Waals surface area contributed by atoms with Gasteiger partial charge in [-0.25, -0.2) is 0 Å². The van der Waals surface area contributed by atoms with Gasteiger partial charge in [0.1, 0.15) is 0 Å². The zero-order valence-corrected chi connectivity index (χ0v) is 9.80. The Morgan fingerprint density at radius 1 is 1.20 bits per heavy atom.